The molecule has 0 radical (unpaired) electrons. The first kappa shape index (κ1) is 20.4. The van der Waals surface area contributed by atoms with Crippen LogP contribution in [0.25, 0.3) is 0 Å². The normalized spacial score (nSPS) is 22.8. The summed E-state index contributed by atoms with van der Waals surface area (Å²) in [7, 11) is -1.16. The molecule has 1 saturated carbocycles. The molecule has 10 heteroatoms. The van der Waals surface area contributed by atoms with Crippen LogP contribution in [0, 0.1) is 10.7 Å². The predicted octanol–water partition coefficient (Wildman–Crippen LogP) is 0.879. The van der Waals surface area contributed by atoms with Crippen molar-refractivity contribution in [1.29, 1.82) is 5.31 Å². The van der Waals surface area contributed by atoms with Crippen molar-refractivity contribution in [2.75, 3.05) is 20.0 Å². The van der Waals surface area contributed by atoms with Crippen LogP contribution in [0.1, 0.15) is 24.8 Å². The number of ether oxygens (including phenoxy) is 1. The van der Waals surface area contributed by atoms with Gasteiger partial charge in [0.25, 0.3) is 0 Å². The molecule has 2 atom stereocenters. The number of nitrogens with two attached hydrogens (primary N) is 1. The molecule has 2 rings (SSSR count). The van der Waals surface area contributed by atoms with Crippen LogP contribution in [-0.4, -0.2) is 51.9 Å². The molecule has 3 N–H and O–H groups in total. The summed E-state index contributed by atoms with van der Waals surface area (Å²) in [5.74, 6) is 0.164. The number of rotatable bonds is 9. The van der Waals surface area contributed by atoms with E-state index >= 15 is 0 Å². The molecule has 0 bridgehead atoms. The Labute approximate surface area is 154 Å². The van der Waals surface area contributed by atoms with Crippen LogP contribution in [0.5, 0.6) is 5.75 Å². The van der Waals surface area contributed by atoms with E-state index in [1.807, 2.05) is 12.1 Å². The van der Waals surface area contributed by atoms with E-state index in [0.29, 0.717) is 18.6 Å². The number of carbonyl (C=O) groups is 1. The van der Waals surface area contributed by atoms with Crippen LogP contribution in [-0.2, 0) is 26.0 Å². The van der Waals surface area contributed by atoms with Gasteiger partial charge in [-0.25, -0.2) is 0 Å². The third-order valence-electron chi connectivity index (χ3n) is 4.88. The van der Waals surface area contributed by atoms with Gasteiger partial charge >= 0.3 is 147 Å². The number of benzene rings is 1. The number of carbonyl (C=O) groups excluding carboxylic acids is 1. The van der Waals surface area contributed by atoms with Gasteiger partial charge in [-0.2, -0.15) is 0 Å². The molecule has 1 aliphatic carbocycles. The van der Waals surface area contributed by atoms with Crippen molar-refractivity contribution < 1.29 is 22.6 Å². The fraction of sp³-hybridized carbons (Fsp3) is 0.562. The molecule has 0 saturated heterocycles. The van der Waals surface area contributed by atoms with E-state index in [1.165, 1.54) is 4.31 Å². The number of amides is 1. The molecule has 8 nitrogen and oxygen atoms in total. The number of hydrogen-bond acceptors (Lipinski definition) is 6. The van der Waals surface area contributed by atoms with E-state index in [9.17, 15) is 13.2 Å². The van der Waals surface area contributed by atoms with Gasteiger partial charge in [0.1, 0.15) is 0 Å². The van der Waals surface area contributed by atoms with Crippen molar-refractivity contribution in [3.63, 3.8) is 0 Å². The van der Waals surface area contributed by atoms with Gasteiger partial charge in [-0.15, -0.1) is 0 Å². The van der Waals surface area contributed by atoms with Gasteiger partial charge in [-0.3, -0.25) is 0 Å². The van der Waals surface area contributed by atoms with Crippen molar-refractivity contribution in [3.8, 4) is 5.75 Å². The molecular formula is C16H24BN3O5S. The number of sulfonamides is 1. The summed E-state index contributed by atoms with van der Waals surface area (Å²) in [5, 5.41) is 6.99. The van der Waals surface area contributed by atoms with Crippen molar-refractivity contribution in [1.82, 2.24) is 4.31 Å². The standard InChI is InChI=1S/C16H24BN3O5S/c1-24-14-5-3-12(4-6-14)10-20(26(2,22)23)13-7-8-16(9-13,15(18)21)11-25-17-19/h3-6,13,19H,7-11H2,1-2H3,(H2,18,21)/t13-,16-/m0/s1. The number of hydrogen-bond donors (Lipinski definition) is 2. The maximum absolute atomic E-state index is 12.4. The Hall–Kier alpha value is -1.94. The number of primary amides is 1. The maximum atomic E-state index is 12.4. The second kappa shape index (κ2) is 8.17. The molecule has 26 heavy (non-hydrogen) atoms. The van der Waals surface area contributed by atoms with Crippen molar-refractivity contribution >= 4 is 23.2 Å². The molecule has 0 aliphatic heterocycles. The van der Waals surface area contributed by atoms with Crippen LogP contribution in [0.2, 0.25) is 0 Å². The van der Waals surface area contributed by atoms with Crippen LogP contribution in [0.4, 0.5) is 0 Å². The number of methoxy groups -OCH3 is 1. The summed E-state index contributed by atoms with van der Waals surface area (Å²) in [6.45, 7) is 0.191. The summed E-state index contributed by atoms with van der Waals surface area (Å²) in [4.78, 5) is 12.0. The van der Waals surface area contributed by atoms with Crippen molar-refractivity contribution in [2.24, 2.45) is 11.1 Å². The Kier molecular flexibility index (Phi) is 6.41. The molecule has 1 aromatic rings. The Bertz CT molecular complexity index is 756. The third-order valence-corrected chi connectivity index (χ3v) is 6.16. The predicted molar refractivity (Wildman–Crippen MR) is 97.1 cm³/mol. The summed E-state index contributed by atoms with van der Waals surface area (Å²) < 4.78 is 36.2. The monoisotopic (exact) mass is 381 g/mol. The molecule has 0 aromatic heterocycles. The molecule has 1 aliphatic rings. The first-order valence-electron chi connectivity index (χ1n) is 8.22. The summed E-state index contributed by atoms with van der Waals surface area (Å²) in [6.07, 6.45) is 2.37. The minimum absolute atomic E-state index is 0.0114. The van der Waals surface area contributed by atoms with Gasteiger partial charge in [0.15, 0.2) is 0 Å². The number of nitrogens with one attached hydrogen (secondary N) is 1. The van der Waals surface area contributed by atoms with Crippen LogP contribution in [0.15, 0.2) is 24.3 Å². The minimum atomic E-state index is -3.49. The van der Waals surface area contributed by atoms with Crippen LogP contribution >= 0.6 is 0 Å². The topological polar surface area (TPSA) is 123 Å². The summed E-state index contributed by atoms with van der Waals surface area (Å²) in [6, 6.07) is 6.82. The summed E-state index contributed by atoms with van der Waals surface area (Å²) in [5.41, 5.74) is 5.42. The second-order valence-electron chi connectivity index (χ2n) is 6.63. The molecule has 1 aromatic carbocycles. The second-order valence-corrected chi connectivity index (χ2v) is 8.56. The zero-order chi connectivity index (χ0) is 19.4. The third kappa shape index (κ3) is 4.61. The molecule has 0 heterocycles. The fourth-order valence-corrected chi connectivity index (χ4v) is 4.50. The van der Waals surface area contributed by atoms with E-state index in [-0.39, 0.29) is 25.6 Å². The van der Waals surface area contributed by atoms with E-state index in [1.54, 1.807) is 19.2 Å². The number of nitrogens with zero attached hydrogens (tertiary/aromatic N) is 1. The van der Waals surface area contributed by atoms with Crippen LogP contribution < -0.4 is 10.5 Å². The average molecular weight is 381 g/mol. The quantitative estimate of drug-likeness (QED) is 0.615. The van der Waals surface area contributed by atoms with E-state index < -0.39 is 21.3 Å². The Morgan fingerprint density at radius 2 is 2.08 bits per heavy atom. The van der Waals surface area contributed by atoms with Crippen LogP contribution in [0.3, 0.4) is 0 Å². The van der Waals surface area contributed by atoms with E-state index in [2.05, 4.69) is 0 Å². The zero-order valence-corrected chi connectivity index (χ0v) is 15.8. The first-order valence-corrected chi connectivity index (χ1v) is 10.1. The molecule has 1 fully saturated rings. The molecule has 0 spiro atoms. The molecule has 1 amide bonds. The van der Waals surface area contributed by atoms with E-state index in [4.69, 9.17) is 20.4 Å². The Balaban J connectivity index is 2.22. The van der Waals surface area contributed by atoms with Crippen molar-refractivity contribution in [3.05, 3.63) is 29.8 Å². The Morgan fingerprint density at radius 3 is 2.58 bits per heavy atom. The van der Waals surface area contributed by atoms with E-state index in [0.717, 1.165) is 19.1 Å². The van der Waals surface area contributed by atoms with Crippen molar-refractivity contribution in [2.45, 2.75) is 31.8 Å². The summed E-state index contributed by atoms with van der Waals surface area (Å²) >= 11 is 0. The average Bonchev–Trinajstić information content (AvgIpc) is 3.02. The molecular weight excluding hydrogens is 357 g/mol. The Morgan fingerprint density at radius 1 is 1.42 bits per heavy atom. The molecule has 142 valence electrons. The van der Waals surface area contributed by atoms with Gasteiger partial charge in [0.2, 0.25) is 0 Å². The van der Waals surface area contributed by atoms with Gasteiger partial charge in [-0.05, 0) is 0 Å². The van der Waals surface area contributed by atoms with Gasteiger partial charge in [-0.1, -0.05) is 0 Å². The first-order chi connectivity index (χ1) is 12.2. The van der Waals surface area contributed by atoms with Gasteiger partial charge < -0.3 is 0 Å². The fourth-order valence-electron chi connectivity index (χ4n) is 3.40. The zero-order valence-electron chi connectivity index (χ0n) is 15.0. The van der Waals surface area contributed by atoms with Gasteiger partial charge in [0, 0.05) is 0 Å². The van der Waals surface area contributed by atoms with Gasteiger partial charge in [0.05, 0.1) is 7.11 Å². The SMILES string of the molecule is COc1ccc(CN([C@H]2CC[C@](COB=N)(C(N)=O)C2)S(C)(=O)=O)cc1. The molecule has 0 unspecified atom stereocenters.